The highest BCUT2D eigenvalue weighted by molar-refractivity contribution is 5.43. The van der Waals surface area contributed by atoms with Crippen molar-refractivity contribution in [3.8, 4) is 0 Å². The first-order chi connectivity index (χ1) is 7.41. The minimum atomic E-state index is -0.146. The molecule has 0 aromatic heterocycles. The van der Waals surface area contributed by atoms with E-state index in [1.54, 1.807) is 6.07 Å². The quantitative estimate of drug-likeness (QED) is 0.713. The van der Waals surface area contributed by atoms with Crippen LogP contribution in [0.2, 0.25) is 0 Å². The van der Waals surface area contributed by atoms with E-state index in [1.807, 2.05) is 6.07 Å². The van der Waals surface area contributed by atoms with Crippen molar-refractivity contribution < 1.29 is 4.39 Å². The predicted octanol–water partition coefficient (Wildman–Crippen LogP) is 3.46. The summed E-state index contributed by atoms with van der Waals surface area (Å²) in [5, 5.41) is 0. The number of halogens is 1. The molecule has 0 radical (unpaired) electrons. The van der Waals surface area contributed by atoms with Crippen LogP contribution in [0.15, 0.2) is 12.1 Å². The zero-order valence-electron chi connectivity index (χ0n) is 10.3. The lowest BCUT2D eigenvalue weighted by atomic mass is 9.76. The second-order valence-electron chi connectivity index (χ2n) is 5.74. The second kappa shape index (κ2) is 3.85. The van der Waals surface area contributed by atoms with Crippen LogP contribution in [0, 0.1) is 5.82 Å². The summed E-state index contributed by atoms with van der Waals surface area (Å²) in [7, 11) is 0. The van der Waals surface area contributed by atoms with E-state index in [2.05, 4.69) is 20.8 Å². The molecule has 0 aliphatic heterocycles. The number of hydrogen-bond donors (Lipinski definition) is 1. The summed E-state index contributed by atoms with van der Waals surface area (Å²) in [6.45, 7) is 6.18. The first-order valence-corrected chi connectivity index (χ1v) is 5.98. The Bertz CT molecular complexity index is 404. The highest BCUT2D eigenvalue weighted by atomic mass is 19.1. The Labute approximate surface area is 96.9 Å². The maximum Gasteiger partial charge on any atom is 0.127 e. The number of hydrogen-bond acceptors (Lipinski definition) is 1. The maximum atomic E-state index is 14.0. The topological polar surface area (TPSA) is 26.0 Å². The normalized spacial score (nSPS) is 20.7. The van der Waals surface area contributed by atoms with Crippen LogP contribution in [0.3, 0.4) is 0 Å². The first-order valence-electron chi connectivity index (χ1n) is 5.98. The Kier molecular flexibility index (Phi) is 2.79. The zero-order chi connectivity index (χ0) is 11.9. The van der Waals surface area contributed by atoms with Gasteiger partial charge in [-0.1, -0.05) is 26.8 Å². The fourth-order valence-electron chi connectivity index (χ4n) is 2.72. The van der Waals surface area contributed by atoms with Crippen molar-refractivity contribution in [2.24, 2.45) is 5.73 Å². The zero-order valence-corrected chi connectivity index (χ0v) is 10.3. The van der Waals surface area contributed by atoms with Crippen LogP contribution in [0.5, 0.6) is 0 Å². The molecule has 1 aromatic rings. The van der Waals surface area contributed by atoms with Crippen LogP contribution in [0.4, 0.5) is 4.39 Å². The van der Waals surface area contributed by atoms with Crippen LogP contribution in [0.25, 0.3) is 0 Å². The molecule has 2 rings (SSSR count). The molecule has 2 heteroatoms. The maximum absolute atomic E-state index is 14.0. The van der Waals surface area contributed by atoms with Gasteiger partial charge in [0.15, 0.2) is 0 Å². The highest BCUT2D eigenvalue weighted by Crippen LogP contribution is 2.37. The van der Waals surface area contributed by atoms with E-state index >= 15 is 0 Å². The predicted molar refractivity (Wildman–Crippen MR) is 65.0 cm³/mol. The van der Waals surface area contributed by atoms with Gasteiger partial charge in [0.25, 0.3) is 0 Å². The Balaban J connectivity index is 2.64. The number of fused-ring (bicyclic) bond motifs is 1. The molecule has 1 aromatic carbocycles. The molecule has 0 saturated carbocycles. The van der Waals surface area contributed by atoms with Gasteiger partial charge in [-0.3, -0.25) is 0 Å². The highest BCUT2D eigenvalue weighted by Gasteiger charge is 2.27. The van der Waals surface area contributed by atoms with Crippen molar-refractivity contribution in [2.45, 2.75) is 51.5 Å². The largest absolute Gasteiger partial charge is 0.324 e. The Morgan fingerprint density at radius 3 is 2.62 bits per heavy atom. The summed E-state index contributed by atoms with van der Waals surface area (Å²) < 4.78 is 14.0. The van der Waals surface area contributed by atoms with E-state index in [-0.39, 0.29) is 17.3 Å². The molecule has 2 N–H and O–H groups in total. The van der Waals surface area contributed by atoms with Gasteiger partial charge in [0.05, 0.1) is 0 Å². The SMILES string of the molecule is CC(C)(C)c1c(F)ccc2c1CCCC2N. The molecule has 0 amide bonds. The van der Waals surface area contributed by atoms with E-state index in [4.69, 9.17) is 5.73 Å². The van der Waals surface area contributed by atoms with E-state index in [1.165, 1.54) is 0 Å². The molecule has 0 spiro atoms. The Morgan fingerprint density at radius 1 is 1.31 bits per heavy atom. The molecular formula is C14H20FN. The summed E-state index contributed by atoms with van der Waals surface area (Å²) in [5.41, 5.74) is 9.11. The molecule has 16 heavy (non-hydrogen) atoms. The van der Waals surface area contributed by atoms with Gasteiger partial charge in [-0.25, -0.2) is 4.39 Å². The summed E-state index contributed by atoms with van der Waals surface area (Å²) in [4.78, 5) is 0. The third-order valence-electron chi connectivity index (χ3n) is 3.39. The average Bonchev–Trinajstić information content (AvgIpc) is 2.15. The fraction of sp³-hybridized carbons (Fsp3) is 0.571. The molecule has 0 saturated heterocycles. The van der Waals surface area contributed by atoms with Crippen LogP contribution in [0.1, 0.15) is 56.3 Å². The van der Waals surface area contributed by atoms with E-state index < -0.39 is 0 Å². The van der Waals surface area contributed by atoms with Crippen molar-refractivity contribution in [2.75, 3.05) is 0 Å². The van der Waals surface area contributed by atoms with Gasteiger partial charge in [-0.2, -0.15) is 0 Å². The summed E-state index contributed by atoms with van der Waals surface area (Å²) in [6, 6.07) is 3.53. The van der Waals surface area contributed by atoms with E-state index in [0.29, 0.717) is 0 Å². The van der Waals surface area contributed by atoms with Crippen LogP contribution in [-0.2, 0) is 11.8 Å². The van der Waals surface area contributed by atoms with Crippen molar-refractivity contribution in [1.82, 2.24) is 0 Å². The lowest BCUT2D eigenvalue weighted by molar-refractivity contribution is 0.494. The third kappa shape index (κ3) is 1.86. The molecule has 1 aliphatic rings. The molecular weight excluding hydrogens is 201 g/mol. The van der Waals surface area contributed by atoms with Gasteiger partial charge in [0.1, 0.15) is 5.82 Å². The number of rotatable bonds is 0. The molecule has 1 nitrogen and oxygen atoms in total. The fourth-order valence-corrected chi connectivity index (χ4v) is 2.72. The van der Waals surface area contributed by atoms with E-state index in [0.717, 1.165) is 36.0 Å². The molecule has 0 bridgehead atoms. The lowest BCUT2D eigenvalue weighted by Gasteiger charge is -2.30. The summed E-state index contributed by atoms with van der Waals surface area (Å²) >= 11 is 0. The number of benzene rings is 1. The molecule has 88 valence electrons. The third-order valence-corrected chi connectivity index (χ3v) is 3.39. The van der Waals surface area contributed by atoms with Gasteiger partial charge in [0, 0.05) is 6.04 Å². The minimum absolute atomic E-state index is 0.0830. The molecule has 0 fully saturated rings. The van der Waals surface area contributed by atoms with Crippen LogP contribution >= 0.6 is 0 Å². The first kappa shape index (κ1) is 11.6. The smallest absolute Gasteiger partial charge is 0.127 e. The van der Waals surface area contributed by atoms with Gasteiger partial charge in [0.2, 0.25) is 0 Å². The van der Waals surface area contributed by atoms with Gasteiger partial charge in [-0.15, -0.1) is 0 Å². The van der Waals surface area contributed by atoms with Crippen molar-refractivity contribution in [3.63, 3.8) is 0 Å². The Morgan fingerprint density at radius 2 is 2.00 bits per heavy atom. The molecule has 0 heterocycles. The van der Waals surface area contributed by atoms with Crippen molar-refractivity contribution in [1.29, 1.82) is 0 Å². The molecule has 1 unspecified atom stereocenters. The summed E-state index contributed by atoms with van der Waals surface area (Å²) in [5.74, 6) is -0.0830. The lowest BCUT2D eigenvalue weighted by Crippen LogP contribution is -2.24. The second-order valence-corrected chi connectivity index (χ2v) is 5.74. The van der Waals surface area contributed by atoms with Gasteiger partial charge in [-0.05, 0) is 47.4 Å². The number of nitrogens with two attached hydrogens (primary N) is 1. The Hall–Kier alpha value is -0.890. The minimum Gasteiger partial charge on any atom is -0.324 e. The van der Waals surface area contributed by atoms with E-state index in [9.17, 15) is 4.39 Å². The van der Waals surface area contributed by atoms with Crippen molar-refractivity contribution in [3.05, 3.63) is 34.6 Å². The molecule has 1 atom stereocenters. The summed E-state index contributed by atoms with van der Waals surface area (Å²) in [6.07, 6.45) is 3.05. The van der Waals surface area contributed by atoms with Crippen molar-refractivity contribution >= 4 is 0 Å². The van der Waals surface area contributed by atoms with Crippen LogP contribution in [-0.4, -0.2) is 0 Å². The standard InChI is InChI=1S/C14H20FN/c1-14(2,3)13-10-5-4-6-12(16)9(10)7-8-11(13)15/h7-8,12H,4-6,16H2,1-3H3. The monoisotopic (exact) mass is 221 g/mol. The van der Waals surface area contributed by atoms with Gasteiger partial charge >= 0.3 is 0 Å². The van der Waals surface area contributed by atoms with Crippen LogP contribution < -0.4 is 5.73 Å². The van der Waals surface area contributed by atoms with Gasteiger partial charge < -0.3 is 5.73 Å². The average molecular weight is 221 g/mol. The molecule has 1 aliphatic carbocycles.